The van der Waals surface area contributed by atoms with Crippen LogP contribution in [-0.4, -0.2) is 89.7 Å². The van der Waals surface area contributed by atoms with E-state index in [4.69, 9.17) is 28.8 Å². The van der Waals surface area contributed by atoms with Gasteiger partial charge in [0.25, 0.3) is 5.79 Å². The van der Waals surface area contributed by atoms with E-state index in [1.54, 1.807) is 6.92 Å². The molecule has 6 aliphatic rings. The van der Waals surface area contributed by atoms with Gasteiger partial charge in [0.15, 0.2) is 24.6 Å². The zero-order valence-corrected chi connectivity index (χ0v) is 29.6. The van der Waals surface area contributed by atoms with Crippen molar-refractivity contribution >= 4 is 24.2 Å². The molecule has 0 aromatic heterocycles. The molecule has 4 saturated carbocycles. The Hall–Kier alpha value is -2.12. The molecule has 14 atom stereocenters. The Morgan fingerprint density at radius 1 is 1.06 bits per heavy atom. The highest BCUT2D eigenvalue weighted by Crippen LogP contribution is 2.84. The summed E-state index contributed by atoms with van der Waals surface area (Å²) in [6, 6.07) is 0. The first-order chi connectivity index (χ1) is 23.3. The van der Waals surface area contributed by atoms with Gasteiger partial charge in [-0.2, -0.15) is 0 Å². The summed E-state index contributed by atoms with van der Waals surface area (Å²) in [5, 5.41) is 32.0. The van der Waals surface area contributed by atoms with Gasteiger partial charge in [-0.15, -0.1) is 0 Å². The van der Waals surface area contributed by atoms with Crippen molar-refractivity contribution in [3.8, 4) is 0 Å². The molecule has 0 aromatic carbocycles. The first-order valence-electron chi connectivity index (χ1n) is 18.6. The van der Waals surface area contributed by atoms with E-state index in [1.807, 2.05) is 0 Å². The third-order valence-corrected chi connectivity index (χ3v) is 14.1. The second-order valence-electron chi connectivity index (χ2n) is 16.5. The van der Waals surface area contributed by atoms with E-state index in [2.05, 4.69) is 20.8 Å². The molecule has 0 amide bonds. The fourth-order valence-corrected chi connectivity index (χ4v) is 12.2. The third-order valence-electron chi connectivity index (χ3n) is 14.1. The second kappa shape index (κ2) is 13.5. The van der Waals surface area contributed by atoms with Crippen LogP contribution in [0, 0.1) is 51.8 Å². The van der Waals surface area contributed by atoms with Crippen LogP contribution in [0.3, 0.4) is 0 Å². The number of aliphatic hydroxyl groups excluding tert-OH is 1. The number of carbonyl (C=O) groups is 4. The largest absolute Gasteiger partial charge is 0.481 e. The molecule has 0 radical (unpaired) electrons. The van der Waals surface area contributed by atoms with Crippen molar-refractivity contribution < 1.29 is 58.2 Å². The summed E-state index contributed by atoms with van der Waals surface area (Å²) in [6.07, 6.45) is 3.36. The molecule has 49 heavy (non-hydrogen) atoms. The molecule has 0 aromatic rings. The van der Waals surface area contributed by atoms with Gasteiger partial charge in [-0.25, -0.2) is 4.79 Å². The normalized spacial score (nSPS) is 46.7. The highest BCUT2D eigenvalue weighted by Gasteiger charge is 2.86. The summed E-state index contributed by atoms with van der Waals surface area (Å²) in [7, 11) is 1.43. The number of unbranched alkanes of at least 4 members (excludes halogenated alkanes) is 4. The van der Waals surface area contributed by atoms with Crippen molar-refractivity contribution in [3.05, 3.63) is 0 Å². The molecule has 6 fully saturated rings. The number of esters is 1. The molecular formula is C37H56O12. The molecular weight excluding hydrogens is 636 g/mol. The number of aliphatic hydroxyl groups is 1. The number of aldehydes is 1. The molecule has 12 nitrogen and oxygen atoms in total. The maximum atomic E-state index is 13.8. The van der Waals surface area contributed by atoms with Crippen molar-refractivity contribution in [1.29, 1.82) is 0 Å². The van der Waals surface area contributed by atoms with Gasteiger partial charge in [0.05, 0.1) is 18.1 Å². The molecule has 4 aliphatic carbocycles. The van der Waals surface area contributed by atoms with Crippen molar-refractivity contribution in [2.24, 2.45) is 51.8 Å². The Kier molecular flexibility index (Phi) is 10.1. The van der Waals surface area contributed by atoms with Crippen LogP contribution in [0.15, 0.2) is 0 Å². The number of rotatable bonds is 15. The van der Waals surface area contributed by atoms with Crippen LogP contribution in [0.4, 0.5) is 0 Å². The number of carboxylic acid groups (broad SMARTS) is 2. The lowest BCUT2D eigenvalue weighted by Gasteiger charge is -2.60. The Bertz CT molecular complexity index is 1290. The molecule has 12 heteroatoms. The fourth-order valence-electron chi connectivity index (χ4n) is 12.2. The summed E-state index contributed by atoms with van der Waals surface area (Å²) in [5.41, 5.74) is -3.13. The highest BCUT2D eigenvalue weighted by molar-refractivity contribution is 5.86. The summed E-state index contributed by atoms with van der Waals surface area (Å²) >= 11 is 0. The number of fused-ring (bicyclic) bond motifs is 2. The maximum Gasteiger partial charge on any atom is 0.338 e. The lowest BCUT2D eigenvalue weighted by molar-refractivity contribution is -0.386. The van der Waals surface area contributed by atoms with Gasteiger partial charge < -0.3 is 43.8 Å². The van der Waals surface area contributed by atoms with Gasteiger partial charge in [0.2, 0.25) is 0 Å². The van der Waals surface area contributed by atoms with Crippen LogP contribution in [0.2, 0.25) is 0 Å². The van der Waals surface area contributed by atoms with Crippen LogP contribution < -0.4 is 0 Å². The Labute approximate surface area is 288 Å². The smallest absolute Gasteiger partial charge is 0.338 e. The molecule has 1 unspecified atom stereocenters. The summed E-state index contributed by atoms with van der Waals surface area (Å²) < 4.78 is 30.6. The Balaban J connectivity index is 1.23. The van der Waals surface area contributed by atoms with E-state index in [0.717, 1.165) is 38.4 Å². The molecule has 2 heterocycles. The molecule has 1 spiro atoms. The second-order valence-corrected chi connectivity index (χ2v) is 16.5. The van der Waals surface area contributed by atoms with Gasteiger partial charge >= 0.3 is 17.9 Å². The first kappa shape index (κ1) is 36.7. The maximum absolute atomic E-state index is 13.8. The van der Waals surface area contributed by atoms with Gasteiger partial charge in [-0.3, -0.25) is 9.59 Å². The first-order valence-corrected chi connectivity index (χ1v) is 18.6. The van der Waals surface area contributed by atoms with Gasteiger partial charge in [-0.1, -0.05) is 52.9 Å². The van der Waals surface area contributed by atoms with Crippen molar-refractivity contribution in [1.82, 2.24) is 0 Å². The number of aliphatic carboxylic acids is 2. The summed E-state index contributed by atoms with van der Waals surface area (Å²) in [4.78, 5) is 51.2. The van der Waals surface area contributed by atoms with Crippen LogP contribution in [0.1, 0.15) is 105 Å². The third kappa shape index (κ3) is 5.24. The lowest BCUT2D eigenvalue weighted by atomic mass is 9.42. The van der Waals surface area contributed by atoms with Crippen LogP contribution >= 0.6 is 0 Å². The Morgan fingerprint density at radius 3 is 2.43 bits per heavy atom. The SMILES string of the molecule is CO[C@@H]1[C@@H](C)O[C@@H](OC[C@@]23C[C@@H]4[C@H](C)CC[C@H]4[C@@]4(C=O)C[C@@H]2CC(C(C)C)[C@@]34C(=O)O)[C@@H](O)[C@@]12OC(=O)[C@H](CCCCCCCC(=O)O)O2. The number of methoxy groups -OCH3 is 1. The predicted molar refractivity (Wildman–Crippen MR) is 173 cm³/mol. The molecule has 4 bridgehead atoms. The van der Waals surface area contributed by atoms with Crippen LogP contribution in [0.25, 0.3) is 0 Å². The number of carboxylic acids is 2. The minimum atomic E-state index is -1.89. The van der Waals surface area contributed by atoms with Gasteiger partial charge in [0, 0.05) is 24.4 Å². The molecule has 276 valence electrons. The number of carbonyl (C=O) groups excluding carboxylic acids is 2. The van der Waals surface area contributed by atoms with E-state index in [-0.39, 0.29) is 42.6 Å². The van der Waals surface area contributed by atoms with Gasteiger partial charge in [-0.05, 0) is 81.0 Å². The number of ether oxygens (including phenoxy) is 5. The van der Waals surface area contributed by atoms with Crippen LogP contribution in [-0.2, 0) is 42.9 Å². The highest BCUT2D eigenvalue weighted by atomic mass is 16.8. The average Bonchev–Trinajstić information content (AvgIpc) is 3.72. The van der Waals surface area contributed by atoms with Crippen molar-refractivity contribution in [3.63, 3.8) is 0 Å². The van der Waals surface area contributed by atoms with E-state index < -0.39 is 70.6 Å². The standard InChI is InChI=1S/C37H56O12/c1-20(2)26-15-23-16-34(18-38)25-14-13-21(3)24(25)17-35(23,36(26,34)33(43)44)19-46-32-29(41)37(30(45-5)22(4)47-32)48-27(31(42)49-37)11-9-7-6-8-10-12-28(39)40/h18,20-27,29-30,32,41H,6-17,19H2,1-5H3,(H,39,40)(H,43,44)/t21-,22-,23+,24-,25-,26?,27+,29-,30-,32-,34+,35+,36+,37-/m1/s1. The van der Waals surface area contributed by atoms with E-state index in [9.17, 15) is 29.4 Å². The average molecular weight is 693 g/mol. The van der Waals surface area contributed by atoms with Crippen molar-refractivity contribution in [2.75, 3.05) is 13.7 Å². The van der Waals surface area contributed by atoms with E-state index in [1.165, 1.54) is 7.11 Å². The fraction of sp³-hybridized carbons (Fsp3) is 0.892. The number of hydrogen-bond donors (Lipinski definition) is 3. The molecule has 2 aliphatic heterocycles. The van der Waals surface area contributed by atoms with Gasteiger partial charge in [0.1, 0.15) is 6.29 Å². The van der Waals surface area contributed by atoms with Crippen LogP contribution in [0.5, 0.6) is 0 Å². The lowest BCUT2D eigenvalue weighted by Crippen LogP contribution is -2.68. The summed E-state index contributed by atoms with van der Waals surface area (Å²) in [5.74, 6) is -3.84. The monoisotopic (exact) mass is 692 g/mol. The predicted octanol–water partition coefficient (Wildman–Crippen LogP) is 4.58. The molecule has 3 N–H and O–H groups in total. The van der Waals surface area contributed by atoms with E-state index in [0.29, 0.717) is 44.4 Å². The molecule has 2 saturated heterocycles. The minimum absolute atomic E-state index is 0.0137. The minimum Gasteiger partial charge on any atom is -0.481 e. The quantitative estimate of drug-likeness (QED) is 0.124. The zero-order valence-electron chi connectivity index (χ0n) is 29.6. The number of hydrogen-bond acceptors (Lipinski definition) is 10. The Morgan fingerprint density at radius 2 is 1.78 bits per heavy atom. The van der Waals surface area contributed by atoms with Crippen molar-refractivity contribution in [2.45, 2.75) is 141 Å². The topological polar surface area (TPSA) is 175 Å². The molecule has 6 rings (SSSR count). The summed E-state index contributed by atoms with van der Waals surface area (Å²) in [6.45, 7) is 8.04. The zero-order chi connectivity index (χ0) is 35.5. The van der Waals surface area contributed by atoms with E-state index >= 15 is 0 Å².